The van der Waals surface area contributed by atoms with Crippen LogP contribution in [-0.2, 0) is 0 Å². The van der Waals surface area contributed by atoms with E-state index in [1.165, 1.54) is 5.56 Å². The fourth-order valence-electron chi connectivity index (χ4n) is 9.47. The highest BCUT2D eigenvalue weighted by Gasteiger charge is 2.23. The number of hydrogen-bond donors (Lipinski definition) is 1. The Balaban J connectivity index is 0.847. The summed E-state index contributed by atoms with van der Waals surface area (Å²) in [5.41, 5.74) is 16.2. The van der Waals surface area contributed by atoms with Gasteiger partial charge >= 0.3 is 0 Å². The van der Waals surface area contributed by atoms with E-state index in [2.05, 4.69) is 236 Å². The summed E-state index contributed by atoms with van der Waals surface area (Å²) in [5.74, 6) is 3.67. The van der Waals surface area contributed by atoms with E-state index >= 15 is 0 Å². The first-order chi connectivity index (χ1) is 35.6. The maximum atomic E-state index is 5.29. The molecule has 72 heavy (non-hydrogen) atoms. The molecule has 0 amide bonds. The Kier molecular flexibility index (Phi) is 12.1. The van der Waals surface area contributed by atoms with E-state index in [4.69, 9.17) is 24.9 Å². The number of nitrogens with one attached hydrogen (secondary N) is 1. The number of rotatable bonds is 11. The molecule has 12 rings (SSSR count). The van der Waals surface area contributed by atoms with Gasteiger partial charge in [0, 0.05) is 28.2 Å². The van der Waals surface area contributed by atoms with E-state index in [-0.39, 0.29) is 12.1 Å². The summed E-state index contributed by atoms with van der Waals surface area (Å²) in [6.45, 7) is 0. The molecule has 2 aliphatic rings. The van der Waals surface area contributed by atoms with E-state index in [0.29, 0.717) is 17.5 Å². The van der Waals surface area contributed by atoms with Crippen molar-refractivity contribution in [1.82, 2.24) is 20.3 Å². The van der Waals surface area contributed by atoms with Crippen LogP contribution in [0.25, 0.3) is 78.4 Å². The highest BCUT2D eigenvalue weighted by Crippen LogP contribution is 2.34. The first-order valence-corrected chi connectivity index (χ1v) is 24.4. The van der Waals surface area contributed by atoms with Crippen molar-refractivity contribution in [3.05, 3.63) is 283 Å². The van der Waals surface area contributed by atoms with Crippen LogP contribution in [0.5, 0.6) is 0 Å². The van der Waals surface area contributed by atoms with Gasteiger partial charge in [-0.05, 0) is 98.0 Å². The number of nitrogens with zero attached hydrogens (tertiary/aromatic N) is 5. The smallest absolute Gasteiger partial charge is 0.163 e. The Morgan fingerprint density at radius 3 is 1.36 bits per heavy atom. The van der Waals surface area contributed by atoms with Gasteiger partial charge < -0.3 is 5.32 Å². The monoisotopic (exact) mass is 924 g/mol. The lowest BCUT2D eigenvalue weighted by molar-refractivity contribution is 0.674. The van der Waals surface area contributed by atoms with Crippen molar-refractivity contribution >= 4 is 11.7 Å². The quantitative estimate of drug-likeness (QED) is 0.140. The average molecular weight is 925 g/mol. The minimum atomic E-state index is -0.382. The summed E-state index contributed by atoms with van der Waals surface area (Å²) in [5, 5.41) is 3.73. The molecule has 342 valence electrons. The number of aromatic nitrogens is 3. The van der Waals surface area contributed by atoms with Crippen LogP contribution in [0.1, 0.15) is 41.0 Å². The molecule has 9 aromatic carbocycles. The first-order valence-electron chi connectivity index (χ1n) is 24.4. The van der Waals surface area contributed by atoms with Crippen LogP contribution >= 0.6 is 0 Å². The predicted molar refractivity (Wildman–Crippen MR) is 295 cm³/mol. The van der Waals surface area contributed by atoms with Crippen molar-refractivity contribution in [2.75, 3.05) is 0 Å². The molecule has 0 fully saturated rings. The van der Waals surface area contributed by atoms with Crippen molar-refractivity contribution in [3.63, 3.8) is 0 Å². The van der Waals surface area contributed by atoms with Gasteiger partial charge in [0.05, 0.1) is 0 Å². The predicted octanol–water partition coefficient (Wildman–Crippen LogP) is 15.6. The van der Waals surface area contributed by atoms with Gasteiger partial charge in [0.15, 0.2) is 17.5 Å². The van der Waals surface area contributed by atoms with Crippen LogP contribution in [0.3, 0.4) is 0 Å². The third kappa shape index (κ3) is 9.49. The Bertz CT molecular complexity index is 3690. The molecule has 0 bridgehead atoms. The van der Waals surface area contributed by atoms with Gasteiger partial charge in [0.25, 0.3) is 0 Å². The summed E-state index contributed by atoms with van der Waals surface area (Å²) >= 11 is 0. The molecule has 2 unspecified atom stereocenters. The third-order valence-corrected chi connectivity index (χ3v) is 13.3. The van der Waals surface area contributed by atoms with E-state index < -0.39 is 0 Å². The molecular formula is C66H48N6. The van der Waals surface area contributed by atoms with Gasteiger partial charge in [-0.3, -0.25) is 0 Å². The first kappa shape index (κ1) is 43.9. The van der Waals surface area contributed by atoms with Gasteiger partial charge in [0.2, 0.25) is 0 Å². The van der Waals surface area contributed by atoms with Crippen LogP contribution in [0.2, 0.25) is 0 Å². The second-order valence-corrected chi connectivity index (χ2v) is 18.1. The standard InChI is InChI=1S/C66H48N6/c1-5-18-45(19-6-1)47-36-38-50(39-37-47)63-70-65(58-33-15-26-51(42-58)46-20-7-2-8-21-46)72-66(71-63)60-35-17-32-57(44-60)55-30-14-28-53(41-55)52-27-13-29-54(40-52)56-31-16-34-59(43-56)64-68-61(48-22-9-3-10-23-48)67-62(69-64)49-24-11-4-12-25-49/h1-24,26-44,49,66H,25H2,(H,70,71,72). The molecule has 2 atom stereocenters. The van der Waals surface area contributed by atoms with Crippen molar-refractivity contribution in [2.45, 2.75) is 18.5 Å². The molecule has 10 aromatic rings. The molecule has 1 N–H and O–H groups in total. The molecule has 0 saturated carbocycles. The molecule has 1 aliphatic heterocycles. The largest absolute Gasteiger partial charge is 0.344 e. The molecule has 2 heterocycles. The molecule has 6 nitrogen and oxygen atoms in total. The van der Waals surface area contributed by atoms with Gasteiger partial charge in [-0.25, -0.2) is 24.9 Å². The van der Waals surface area contributed by atoms with E-state index in [1.807, 2.05) is 30.3 Å². The third-order valence-electron chi connectivity index (χ3n) is 13.3. The summed E-state index contributed by atoms with van der Waals surface area (Å²) in [4.78, 5) is 25.5. The lowest BCUT2D eigenvalue weighted by Gasteiger charge is -2.24. The number of allylic oxidation sites excluding steroid dienone is 4. The lowest BCUT2D eigenvalue weighted by Crippen LogP contribution is -2.33. The zero-order valence-electron chi connectivity index (χ0n) is 39.4. The number of benzene rings is 9. The average Bonchev–Trinajstić information content (AvgIpc) is 3.48. The van der Waals surface area contributed by atoms with Crippen LogP contribution in [-0.4, -0.2) is 26.6 Å². The zero-order valence-corrected chi connectivity index (χ0v) is 39.4. The molecular weight excluding hydrogens is 877 g/mol. The van der Waals surface area contributed by atoms with Gasteiger partial charge in [-0.2, -0.15) is 0 Å². The second kappa shape index (κ2) is 19.9. The minimum Gasteiger partial charge on any atom is -0.344 e. The van der Waals surface area contributed by atoms with E-state index in [1.54, 1.807) is 0 Å². The molecule has 1 aromatic heterocycles. The molecule has 0 spiro atoms. The van der Waals surface area contributed by atoms with Crippen molar-refractivity contribution in [2.24, 2.45) is 9.98 Å². The molecule has 0 saturated heterocycles. The molecule has 1 aliphatic carbocycles. The van der Waals surface area contributed by atoms with Crippen LogP contribution in [0, 0.1) is 0 Å². The van der Waals surface area contributed by atoms with Crippen molar-refractivity contribution in [3.8, 4) is 78.4 Å². The lowest BCUT2D eigenvalue weighted by atomic mass is 9.95. The Morgan fingerprint density at radius 1 is 0.347 bits per heavy atom. The Morgan fingerprint density at radius 2 is 0.778 bits per heavy atom. The highest BCUT2D eigenvalue weighted by atomic mass is 15.2. The Hall–Kier alpha value is -9.39. The van der Waals surface area contributed by atoms with Crippen molar-refractivity contribution in [1.29, 1.82) is 0 Å². The Labute approximate surface area is 420 Å². The number of aliphatic imine (C=N–C) groups is 2. The van der Waals surface area contributed by atoms with Crippen LogP contribution in [0.4, 0.5) is 0 Å². The normalized spacial score (nSPS) is 15.1. The minimum absolute atomic E-state index is 0.0908. The maximum absolute atomic E-state index is 5.29. The zero-order chi connectivity index (χ0) is 48.1. The van der Waals surface area contributed by atoms with Crippen LogP contribution in [0.15, 0.2) is 271 Å². The van der Waals surface area contributed by atoms with E-state index in [9.17, 15) is 0 Å². The second-order valence-electron chi connectivity index (χ2n) is 18.1. The summed E-state index contributed by atoms with van der Waals surface area (Å²) in [6, 6.07) is 82.9. The number of hydrogen-bond acceptors (Lipinski definition) is 6. The fraction of sp³-hybridized carbons (Fsp3) is 0.0455. The van der Waals surface area contributed by atoms with Crippen molar-refractivity contribution < 1.29 is 0 Å². The summed E-state index contributed by atoms with van der Waals surface area (Å²) < 4.78 is 0. The SMILES string of the molecule is C1=CCC(c2nc(-c3ccccc3)nc(-c3cccc(-c4cccc(-c5cccc(-c6cccc(C7N=C(c8ccc(-c9ccccc9)cc8)N=C(c8cccc(-c9ccccc9)c8)N7)c6)c5)c4)c3)n2)C=C1. The summed E-state index contributed by atoms with van der Waals surface area (Å²) in [7, 11) is 0. The molecule has 0 radical (unpaired) electrons. The highest BCUT2D eigenvalue weighted by molar-refractivity contribution is 6.13. The van der Waals surface area contributed by atoms with E-state index in [0.717, 1.165) is 96.0 Å². The van der Waals surface area contributed by atoms with Gasteiger partial charge in [-0.15, -0.1) is 0 Å². The van der Waals surface area contributed by atoms with Gasteiger partial charge in [0.1, 0.15) is 17.8 Å². The topological polar surface area (TPSA) is 75.4 Å². The number of amidine groups is 2. The maximum Gasteiger partial charge on any atom is 0.163 e. The fourth-order valence-corrected chi connectivity index (χ4v) is 9.47. The summed E-state index contributed by atoms with van der Waals surface area (Å²) in [6.07, 6.45) is 8.96. The van der Waals surface area contributed by atoms with Crippen LogP contribution < -0.4 is 5.32 Å². The molecule has 6 heteroatoms. The van der Waals surface area contributed by atoms with Gasteiger partial charge in [-0.1, -0.05) is 231 Å².